The zero-order valence-corrected chi connectivity index (χ0v) is 25.2. The molecule has 4 amide bonds. The second kappa shape index (κ2) is 13.5. The van der Waals surface area contributed by atoms with Gasteiger partial charge in [-0.25, -0.2) is 0 Å². The van der Waals surface area contributed by atoms with E-state index in [2.05, 4.69) is 10.6 Å². The number of hydrogen-bond donors (Lipinski definition) is 2. The molecule has 0 aliphatic carbocycles. The van der Waals surface area contributed by atoms with Gasteiger partial charge in [0.25, 0.3) is 0 Å². The maximum atomic E-state index is 13.1. The first-order chi connectivity index (χ1) is 21.5. The van der Waals surface area contributed by atoms with Gasteiger partial charge < -0.3 is 20.4 Å². The minimum absolute atomic E-state index is 0.0413. The summed E-state index contributed by atoms with van der Waals surface area (Å²) in [6.07, 6.45) is 7.08. The summed E-state index contributed by atoms with van der Waals surface area (Å²) in [7, 11) is 0. The molecule has 2 N–H and O–H groups in total. The zero-order valence-electron chi connectivity index (χ0n) is 25.2. The van der Waals surface area contributed by atoms with Crippen molar-refractivity contribution in [2.45, 2.75) is 64.2 Å². The highest BCUT2D eigenvalue weighted by atomic mass is 16.2. The first-order valence-corrected chi connectivity index (χ1v) is 16.0. The Labute approximate surface area is 257 Å². The van der Waals surface area contributed by atoms with Crippen LogP contribution in [0.25, 0.3) is 32.3 Å². The molecule has 2 heterocycles. The maximum Gasteiger partial charge on any atom is 0.224 e. The van der Waals surface area contributed by atoms with Gasteiger partial charge in [-0.15, -0.1) is 0 Å². The van der Waals surface area contributed by atoms with E-state index in [1.807, 2.05) is 70.5 Å². The molecule has 0 unspecified atom stereocenters. The summed E-state index contributed by atoms with van der Waals surface area (Å²) < 4.78 is 0. The maximum absolute atomic E-state index is 13.1. The fraction of sp³-hybridized carbons (Fsp3) is 0.389. The number of anilines is 2. The van der Waals surface area contributed by atoms with E-state index in [1.165, 1.54) is 0 Å². The minimum Gasteiger partial charge on any atom is -0.343 e. The summed E-state index contributed by atoms with van der Waals surface area (Å²) in [6.45, 7) is 3.12. The Kier molecular flexibility index (Phi) is 9.05. The number of fused-ring (bicyclic) bond motifs is 5. The molecule has 4 aromatic rings. The number of rotatable bonds is 8. The van der Waals surface area contributed by atoms with E-state index in [0.717, 1.165) is 97.0 Å². The van der Waals surface area contributed by atoms with Crippen LogP contribution in [0, 0.1) is 0 Å². The number of carbonyl (C=O) groups excluding carboxylic acids is 4. The third-order valence-electron chi connectivity index (χ3n) is 8.98. The molecule has 8 heteroatoms. The van der Waals surface area contributed by atoms with E-state index in [-0.39, 0.29) is 49.3 Å². The monoisotopic (exact) mass is 592 g/mol. The van der Waals surface area contributed by atoms with Gasteiger partial charge in [0, 0.05) is 74.0 Å². The summed E-state index contributed by atoms with van der Waals surface area (Å²) in [4.78, 5) is 55.2. The van der Waals surface area contributed by atoms with E-state index in [1.54, 1.807) is 0 Å². The molecule has 8 nitrogen and oxygen atoms in total. The van der Waals surface area contributed by atoms with Crippen LogP contribution in [0.4, 0.5) is 11.4 Å². The Bertz CT molecular complexity index is 1590. The molecule has 0 bridgehead atoms. The molecule has 0 aromatic heterocycles. The smallest absolute Gasteiger partial charge is 0.224 e. The third kappa shape index (κ3) is 6.54. The summed E-state index contributed by atoms with van der Waals surface area (Å²) in [5.74, 6) is -0.293. The lowest BCUT2D eigenvalue weighted by atomic mass is 9.94. The second-order valence-corrected chi connectivity index (χ2v) is 12.0. The quantitative estimate of drug-likeness (QED) is 0.225. The molecule has 0 spiro atoms. The predicted octanol–water partition coefficient (Wildman–Crippen LogP) is 6.61. The van der Waals surface area contributed by atoms with Crippen molar-refractivity contribution in [1.82, 2.24) is 9.80 Å². The van der Waals surface area contributed by atoms with Crippen LogP contribution < -0.4 is 10.6 Å². The molecule has 0 atom stereocenters. The molecular weight excluding hydrogens is 552 g/mol. The minimum atomic E-state index is -0.188. The lowest BCUT2D eigenvalue weighted by molar-refractivity contribution is -0.134. The molecule has 2 fully saturated rings. The molecule has 0 radical (unpaired) electrons. The fourth-order valence-corrected chi connectivity index (χ4v) is 6.63. The Morgan fingerprint density at radius 2 is 0.841 bits per heavy atom. The van der Waals surface area contributed by atoms with Gasteiger partial charge in [0.05, 0.1) is 0 Å². The average Bonchev–Trinajstić information content (AvgIpc) is 3.07. The molecule has 228 valence electrons. The number of benzene rings is 4. The van der Waals surface area contributed by atoms with Crippen LogP contribution in [0.1, 0.15) is 64.2 Å². The summed E-state index contributed by atoms with van der Waals surface area (Å²) in [5.41, 5.74) is 1.39. The zero-order chi connectivity index (χ0) is 30.5. The normalized spacial score (nSPS) is 15.5. The summed E-state index contributed by atoms with van der Waals surface area (Å²) >= 11 is 0. The third-order valence-corrected chi connectivity index (χ3v) is 8.98. The molecule has 4 aromatic carbocycles. The lowest BCUT2D eigenvalue weighted by Crippen LogP contribution is -2.35. The van der Waals surface area contributed by atoms with Gasteiger partial charge in [-0.05, 0) is 72.2 Å². The number of amides is 4. The van der Waals surface area contributed by atoms with E-state index in [0.29, 0.717) is 11.4 Å². The van der Waals surface area contributed by atoms with E-state index in [4.69, 9.17) is 0 Å². The second-order valence-electron chi connectivity index (χ2n) is 12.0. The number of likely N-dealkylation sites (tertiary alicyclic amines) is 2. The highest BCUT2D eigenvalue weighted by molar-refractivity contribution is 6.24. The van der Waals surface area contributed by atoms with Crippen molar-refractivity contribution in [2.24, 2.45) is 0 Å². The number of carbonyl (C=O) groups is 4. The van der Waals surface area contributed by atoms with Crippen molar-refractivity contribution in [3.8, 4) is 0 Å². The van der Waals surface area contributed by atoms with Crippen LogP contribution in [-0.2, 0) is 19.2 Å². The van der Waals surface area contributed by atoms with E-state index < -0.39 is 0 Å². The first-order valence-electron chi connectivity index (χ1n) is 16.0. The van der Waals surface area contributed by atoms with Crippen LogP contribution in [0.5, 0.6) is 0 Å². The van der Waals surface area contributed by atoms with Crippen LogP contribution >= 0.6 is 0 Å². The Morgan fingerprint density at radius 1 is 0.477 bits per heavy atom. The van der Waals surface area contributed by atoms with Crippen molar-refractivity contribution < 1.29 is 19.2 Å². The van der Waals surface area contributed by atoms with Crippen molar-refractivity contribution >= 4 is 67.3 Å². The highest BCUT2D eigenvalue weighted by Gasteiger charge is 2.20. The van der Waals surface area contributed by atoms with Crippen LogP contribution in [-0.4, -0.2) is 59.6 Å². The number of hydrogen-bond acceptors (Lipinski definition) is 4. The van der Waals surface area contributed by atoms with Gasteiger partial charge in [0.1, 0.15) is 0 Å². The molecule has 2 saturated heterocycles. The molecule has 44 heavy (non-hydrogen) atoms. The topological polar surface area (TPSA) is 98.8 Å². The fourth-order valence-electron chi connectivity index (χ4n) is 6.63. The van der Waals surface area contributed by atoms with Gasteiger partial charge >= 0.3 is 0 Å². The van der Waals surface area contributed by atoms with E-state index in [9.17, 15) is 19.2 Å². The number of nitrogens with one attached hydrogen (secondary N) is 2. The van der Waals surface area contributed by atoms with Crippen LogP contribution in [0.15, 0.2) is 60.7 Å². The SMILES string of the molecule is O=C(CCC(=O)N1CCCCC1)Nc1cc2c3ccccc3c(NC(=O)CCC(=O)N3CCCCC3)cc2c2ccccc12. The van der Waals surface area contributed by atoms with Gasteiger partial charge in [0.2, 0.25) is 23.6 Å². The Hall–Kier alpha value is -4.46. The van der Waals surface area contributed by atoms with Gasteiger partial charge in [-0.3, -0.25) is 19.2 Å². The standard InChI is InChI=1S/C36H40N4O4/c41-33(15-17-35(43)39-19-7-1-8-20-39)37-31-23-29-26-12-4-6-14-28(26)32(24-30(29)25-11-3-5-13-27(25)31)38-34(42)16-18-36(44)40-21-9-2-10-22-40/h3-6,11-14,23-24H,1-2,7-10,15-22H2,(H,37,41)(H,38,42). The van der Waals surface area contributed by atoms with Crippen molar-refractivity contribution in [3.63, 3.8) is 0 Å². The first kappa shape index (κ1) is 29.6. The van der Waals surface area contributed by atoms with Gasteiger partial charge in [0.15, 0.2) is 0 Å². The van der Waals surface area contributed by atoms with Crippen molar-refractivity contribution in [2.75, 3.05) is 36.8 Å². The molecule has 0 saturated carbocycles. The van der Waals surface area contributed by atoms with E-state index >= 15 is 0 Å². The van der Waals surface area contributed by atoms with Crippen molar-refractivity contribution in [3.05, 3.63) is 60.7 Å². The highest BCUT2D eigenvalue weighted by Crippen LogP contribution is 2.39. The number of piperidine rings is 2. The predicted molar refractivity (Wildman–Crippen MR) is 176 cm³/mol. The number of nitrogens with zero attached hydrogens (tertiary/aromatic N) is 2. The lowest BCUT2D eigenvalue weighted by Gasteiger charge is -2.26. The Balaban J connectivity index is 1.24. The van der Waals surface area contributed by atoms with Gasteiger partial charge in [-0.2, -0.15) is 0 Å². The summed E-state index contributed by atoms with van der Waals surface area (Å²) in [6, 6.07) is 19.8. The van der Waals surface area contributed by atoms with Crippen LogP contribution in [0.2, 0.25) is 0 Å². The molecular formula is C36H40N4O4. The average molecular weight is 593 g/mol. The Morgan fingerprint density at radius 3 is 1.23 bits per heavy atom. The largest absolute Gasteiger partial charge is 0.343 e. The van der Waals surface area contributed by atoms with Crippen LogP contribution in [0.3, 0.4) is 0 Å². The molecule has 6 rings (SSSR count). The molecule has 2 aliphatic heterocycles. The summed E-state index contributed by atoms with van der Waals surface area (Å²) in [5, 5.41) is 11.8. The van der Waals surface area contributed by atoms with Gasteiger partial charge in [-0.1, -0.05) is 48.5 Å². The molecule has 2 aliphatic rings. The van der Waals surface area contributed by atoms with Crippen molar-refractivity contribution in [1.29, 1.82) is 0 Å².